The molecule has 0 aliphatic rings. The Kier molecular flexibility index (Phi) is 13.7. The third-order valence-corrected chi connectivity index (χ3v) is 2.86. The van der Waals surface area contributed by atoms with Gasteiger partial charge in [-0.3, -0.25) is 0 Å². The molecule has 0 rings (SSSR count). The lowest BCUT2D eigenvalue weighted by Crippen LogP contribution is -1.81. The zero-order valence-corrected chi connectivity index (χ0v) is 10.9. The molecule has 0 nitrogen and oxygen atoms in total. The Bertz CT molecular complexity index is 164. The van der Waals surface area contributed by atoms with Gasteiger partial charge in [-0.15, -0.1) is 0 Å². The molecule has 0 amide bonds. The van der Waals surface area contributed by atoms with E-state index in [4.69, 9.17) is 11.6 Å². The summed E-state index contributed by atoms with van der Waals surface area (Å²) >= 11 is 5.26. The number of rotatable bonds is 10. The van der Waals surface area contributed by atoms with Crippen LogP contribution in [0.15, 0.2) is 0 Å². The molecule has 15 heavy (non-hydrogen) atoms. The fourth-order valence-electron chi connectivity index (χ4n) is 1.75. The van der Waals surface area contributed by atoms with Crippen molar-refractivity contribution >= 4 is 11.6 Å². The van der Waals surface area contributed by atoms with Gasteiger partial charge in [0.25, 0.3) is 0 Å². The first kappa shape index (κ1) is 14.8. The van der Waals surface area contributed by atoms with Gasteiger partial charge in [-0.25, -0.2) is 0 Å². The Morgan fingerprint density at radius 1 is 0.733 bits per heavy atom. The van der Waals surface area contributed by atoms with Crippen molar-refractivity contribution in [3.05, 3.63) is 0 Å². The van der Waals surface area contributed by atoms with Crippen molar-refractivity contribution in [1.82, 2.24) is 0 Å². The van der Waals surface area contributed by atoms with Crippen molar-refractivity contribution in [3.8, 4) is 11.3 Å². The highest BCUT2D eigenvalue weighted by Gasteiger charge is 1.91. The Morgan fingerprint density at radius 2 is 1.20 bits per heavy atom. The lowest BCUT2D eigenvalue weighted by atomic mass is 10.1. The zero-order valence-electron chi connectivity index (χ0n) is 10.2. The molecule has 0 saturated heterocycles. The number of unbranched alkanes of at least 4 members (excludes halogenated alkanes) is 10. The lowest BCUT2D eigenvalue weighted by Gasteiger charge is -2.00. The summed E-state index contributed by atoms with van der Waals surface area (Å²) in [6, 6.07) is 0. The smallest absolute Gasteiger partial charge is 0.0101 e. The fourth-order valence-corrected chi connectivity index (χ4v) is 1.84. The molecule has 0 radical (unpaired) electrons. The van der Waals surface area contributed by atoms with Crippen molar-refractivity contribution in [2.24, 2.45) is 0 Å². The molecule has 0 atom stereocenters. The minimum Gasteiger partial charge on any atom is -0.0859 e. The molecular weight excluding hydrogens is 204 g/mol. The predicted octanol–water partition coefficient (Wildman–Crippen LogP) is 5.50. The van der Waals surface area contributed by atoms with E-state index < -0.39 is 0 Å². The van der Waals surface area contributed by atoms with E-state index in [0.29, 0.717) is 0 Å². The van der Waals surface area contributed by atoms with Crippen LogP contribution < -0.4 is 0 Å². The van der Waals surface area contributed by atoms with Crippen molar-refractivity contribution < 1.29 is 0 Å². The summed E-state index contributed by atoms with van der Waals surface area (Å²) in [4.78, 5) is 0. The van der Waals surface area contributed by atoms with E-state index in [1.165, 1.54) is 64.2 Å². The second-order valence-corrected chi connectivity index (χ2v) is 4.39. The molecule has 0 aliphatic carbocycles. The van der Waals surface area contributed by atoms with Crippen LogP contribution in [0.1, 0.15) is 77.6 Å². The predicted molar refractivity (Wildman–Crippen MR) is 70.1 cm³/mol. The molecule has 0 aromatic rings. The molecule has 0 saturated carbocycles. The minimum atomic E-state index is 0.972. The maximum atomic E-state index is 5.26. The molecule has 0 aliphatic heterocycles. The maximum absolute atomic E-state index is 5.26. The number of hydrogen-bond acceptors (Lipinski definition) is 0. The van der Waals surface area contributed by atoms with Crippen molar-refractivity contribution in [3.63, 3.8) is 0 Å². The van der Waals surface area contributed by atoms with Crippen LogP contribution in [0, 0.1) is 11.3 Å². The standard InChI is InChI=1S/C14H25Cl/c1-2-3-4-5-6-7-8-9-10-11-12-13-14-15/h2-12H2,1H3. The number of halogens is 1. The number of hydrogen-bond donors (Lipinski definition) is 0. The summed E-state index contributed by atoms with van der Waals surface area (Å²) in [7, 11) is 0. The molecule has 0 bridgehead atoms. The van der Waals surface area contributed by atoms with E-state index >= 15 is 0 Å². The molecule has 0 heterocycles. The van der Waals surface area contributed by atoms with Gasteiger partial charge in [0.15, 0.2) is 0 Å². The summed E-state index contributed by atoms with van der Waals surface area (Å²) in [5.74, 6) is 2.89. The average molecular weight is 229 g/mol. The topological polar surface area (TPSA) is 0 Å². The molecule has 88 valence electrons. The summed E-state index contributed by atoms with van der Waals surface area (Å²) in [6.45, 7) is 2.27. The molecule has 0 fully saturated rings. The highest BCUT2D eigenvalue weighted by atomic mass is 35.5. The van der Waals surface area contributed by atoms with Crippen molar-refractivity contribution in [2.45, 2.75) is 77.6 Å². The zero-order chi connectivity index (χ0) is 11.2. The maximum Gasteiger partial charge on any atom is 0.0101 e. The second kappa shape index (κ2) is 13.8. The SMILES string of the molecule is CCCCCCCCCCCCC#CCl. The van der Waals surface area contributed by atoms with Gasteiger partial charge in [-0.1, -0.05) is 70.6 Å². The Hall–Kier alpha value is -0.150. The van der Waals surface area contributed by atoms with Gasteiger partial charge in [-0.05, 0) is 18.0 Å². The van der Waals surface area contributed by atoms with Gasteiger partial charge >= 0.3 is 0 Å². The third kappa shape index (κ3) is 13.9. The lowest BCUT2D eigenvalue weighted by molar-refractivity contribution is 0.558. The fraction of sp³-hybridized carbons (Fsp3) is 0.857. The van der Waals surface area contributed by atoms with Gasteiger partial charge in [-0.2, -0.15) is 0 Å². The highest BCUT2D eigenvalue weighted by molar-refractivity contribution is 6.30. The van der Waals surface area contributed by atoms with Gasteiger partial charge in [0, 0.05) is 11.8 Å². The molecule has 0 aromatic carbocycles. The van der Waals surface area contributed by atoms with Gasteiger partial charge in [0.2, 0.25) is 0 Å². The summed E-state index contributed by atoms with van der Waals surface area (Å²) in [6.07, 6.45) is 14.8. The van der Waals surface area contributed by atoms with E-state index in [-0.39, 0.29) is 0 Å². The van der Waals surface area contributed by atoms with Crippen LogP contribution in [-0.2, 0) is 0 Å². The van der Waals surface area contributed by atoms with Crippen LogP contribution in [0.4, 0.5) is 0 Å². The van der Waals surface area contributed by atoms with Crippen LogP contribution in [0.5, 0.6) is 0 Å². The normalized spacial score (nSPS) is 9.73. The van der Waals surface area contributed by atoms with Crippen molar-refractivity contribution in [1.29, 1.82) is 0 Å². The van der Waals surface area contributed by atoms with Crippen LogP contribution in [-0.4, -0.2) is 0 Å². The molecule has 0 spiro atoms. The molecule has 0 aromatic heterocycles. The Labute approximate surface area is 101 Å². The van der Waals surface area contributed by atoms with Gasteiger partial charge in [0.1, 0.15) is 0 Å². The van der Waals surface area contributed by atoms with E-state index in [0.717, 1.165) is 6.42 Å². The average Bonchev–Trinajstić information content (AvgIpc) is 2.26. The quantitative estimate of drug-likeness (QED) is 0.342. The van der Waals surface area contributed by atoms with Crippen LogP contribution in [0.25, 0.3) is 0 Å². The van der Waals surface area contributed by atoms with Gasteiger partial charge in [0.05, 0.1) is 0 Å². The molecular formula is C14H25Cl. The second-order valence-electron chi connectivity index (χ2n) is 4.20. The molecule has 0 N–H and O–H groups in total. The van der Waals surface area contributed by atoms with E-state index in [1.807, 2.05) is 0 Å². The Balaban J connectivity index is 2.88. The Morgan fingerprint density at radius 3 is 1.67 bits per heavy atom. The minimum absolute atomic E-state index is 0.972. The van der Waals surface area contributed by atoms with Crippen LogP contribution in [0.3, 0.4) is 0 Å². The van der Waals surface area contributed by atoms with Gasteiger partial charge < -0.3 is 0 Å². The van der Waals surface area contributed by atoms with Crippen LogP contribution in [0.2, 0.25) is 0 Å². The first-order valence-corrected chi connectivity index (χ1v) is 6.88. The van der Waals surface area contributed by atoms with E-state index in [9.17, 15) is 0 Å². The summed E-state index contributed by atoms with van der Waals surface area (Å²) in [5, 5.41) is 2.42. The van der Waals surface area contributed by atoms with E-state index in [1.54, 1.807) is 0 Å². The molecule has 1 heteroatoms. The summed E-state index contributed by atoms with van der Waals surface area (Å²) in [5.41, 5.74) is 0. The third-order valence-electron chi connectivity index (χ3n) is 2.72. The largest absolute Gasteiger partial charge is 0.0859 e. The first-order chi connectivity index (χ1) is 7.41. The molecule has 0 unspecified atom stereocenters. The van der Waals surface area contributed by atoms with Crippen LogP contribution >= 0.6 is 11.6 Å². The summed E-state index contributed by atoms with van der Waals surface area (Å²) < 4.78 is 0. The monoisotopic (exact) mass is 228 g/mol. The van der Waals surface area contributed by atoms with E-state index in [2.05, 4.69) is 18.2 Å². The first-order valence-electron chi connectivity index (χ1n) is 6.50. The highest BCUT2D eigenvalue weighted by Crippen LogP contribution is 2.10. The van der Waals surface area contributed by atoms with Crippen molar-refractivity contribution in [2.75, 3.05) is 0 Å².